The largest absolute Gasteiger partial charge is 0.468 e. The summed E-state index contributed by atoms with van der Waals surface area (Å²) in [7, 11) is 0. The first-order chi connectivity index (χ1) is 7.79. The fourth-order valence-corrected chi connectivity index (χ4v) is 3.31. The number of hydrogen-bond donors (Lipinski definition) is 1. The Hall–Kier alpha value is -0.410. The van der Waals surface area contributed by atoms with Crippen molar-refractivity contribution in [2.75, 3.05) is 6.26 Å². The Morgan fingerprint density at radius 2 is 2.38 bits per heavy atom. The lowest BCUT2D eigenvalue weighted by atomic mass is 9.94. The molecule has 1 fully saturated rings. The highest BCUT2D eigenvalue weighted by Crippen LogP contribution is 2.28. The normalized spacial score (nSPS) is 27.9. The Bertz CT molecular complexity index is 299. The van der Waals surface area contributed by atoms with E-state index in [1.54, 1.807) is 6.26 Å². The van der Waals surface area contributed by atoms with E-state index in [1.807, 2.05) is 23.9 Å². The zero-order chi connectivity index (χ0) is 11.4. The second kappa shape index (κ2) is 5.78. The maximum atomic E-state index is 5.42. The van der Waals surface area contributed by atoms with Crippen LogP contribution >= 0.6 is 11.8 Å². The summed E-state index contributed by atoms with van der Waals surface area (Å²) in [6, 6.07) is 5.00. The molecule has 16 heavy (non-hydrogen) atoms. The SMILES string of the molecule is CSC1CCCC(NC(C)c2ccco2)C1. The van der Waals surface area contributed by atoms with Crippen LogP contribution in [-0.2, 0) is 0 Å². The standard InChI is InChI=1S/C13H21NOS/c1-10(13-7-4-8-15-13)14-11-5-3-6-12(9-11)16-2/h4,7-8,10-12,14H,3,5-6,9H2,1-2H3. The van der Waals surface area contributed by atoms with E-state index in [-0.39, 0.29) is 0 Å². The molecule has 1 aromatic heterocycles. The second-order valence-electron chi connectivity index (χ2n) is 4.63. The van der Waals surface area contributed by atoms with Crippen molar-refractivity contribution in [1.29, 1.82) is 0 Å². The van der Waals surface area contributed by atoms with Crippen LogP contribution < -0.4 is 5.32 Å². The average Bonchev–Trinajstić information content (AvgIpc) is 2.83. The van der Waals surface area contributed by atoms with E-state index in [0.717, 1.165) is 11.0 Å². The molecule has 0 amide bonds. The molecule has 0 radical (unpaired) electrons. The highest BCUT2D eigenvalue weighted by molar-refractivity contribution is 7.99. The number of rotatable bonds is 4. The minimum absolute atomic E-state index is 0.334. The van der Waals surface area contributed by atoms with E-state index in [0.29, 0.717) is 12.1 Å². The third-order valence-corrected chi connectivity index (χ3v) is 4.51. The van der Waals surface area contributed by atoms with Gasteiger partial charge in [-0.05, 0) is 44.6 Å². The van der Waals surface area contributed by atoms with Crippen molar-refractivity contribution in [1.82, 2.24) is 5.32 Å². The van der Waals surface area contributed by atoms with E-state index in [4.69, 9.17) is 4.42 Å². The molecule has 1 aliphatic rings. The lowest BCUT2D eigenvalue weighted by molar-refractivity contribution is 0.328. The summed E-state index contributed by atoms with van der Waals surface area (Å²) in [6.07, 6.45) is 9.32. The third-order valence-electron chi connectivity index (χ3n) is 3.42. The lowest BCUT2D eigenvalue weighted by Gasteiger charge is -2.30. The molecule has 0 spiro atoms. The number of nitrogens with one attached hydrogen (secondary N) is 1. The van der Waals surface area contributed by atoms with E-state index >= 15 is 0 Å². The Morgan fingerprint density at radius 3 is 3.06 bits per heavy atom. The summed E-state index contributed by atoms with van der Waals surface area (Å²) < 4.78 is 5.42. The van der Waals surface area contributed by atoms with Crippen LogP contribution in [0, 0.1) is 0 Å². The second-order valence-corrected chi connectivity index (χ2v) is 5.76. The molecule has 2 rings (SSSR count). The topological polar surface area (TPSA) is 25.2 Å². The van der Waals surface area contributed by atoms with E-state index in [9.17, 15) is 0 Å². The van der Waals surface area contributed by atoms with Gasteiger partial charge in [0.1, 0.15) is 5.76 Å². The van der Waals surface area contributed by atoms with Gasteiger partial charge in [-0.3, -0.25) is 0 Å². The van der Waals surface area contributed by atoms with Gasteiger partial charge >= 0.3 is 0 Å². The van der Waals surface area contributed by atoms with Crippen LogP contribution in [0.3, 0.4) is 0 Å². The van der Waals surface area contributed by atoms with Gasteiger partial charge in [0.15, 0.2) is 0 Å². The van der Waals surface area contributed by atoms with E-state index < -0.39 is 0 Å². The van der Waals surface area contributed by atoms with Gasteiger partial charge in [-0.1, -0.05) is 6.42 Å². The van der Waals surface area contributed by atoms with Crippen molar-refractivity contribution < 1.29 is 4.42 Å². The molecule has 1 heterocycles. The molecule has 90 valence electrons. The van der Waals surface area contributed by atoms with Crippen molar-refractivity contribution in [3.63, 3.8) is 0 Å². The monoisotopic (exact) mass is 239 g/mol. The fourth-order valence-electron chi connectivity index (χ4n) is 2.48. The van der Waals surface area contributed by atoms with Crippen molar-refractivity contribution in [3.8, 4) is 0 Å². The van der Waals surface area contributed by atoms with Crippen molar-refractivity contribution >= 4 is 11.8 Å². The lowest BCUT2D eigenvalue weighted by Crippen LogP contribution is -2.36. The summed E-state index contributed by atoms with van der Waals surface area (Å²) in [5.41, 5.74) is 0. The maximum absolute atomic E-state index is 5.42. The van der Waals surface area contributed by atoms with Crippen LogP contribution in [0.2, 0.25) is 0 Å². The highest BCUT2D eigenvalue weighted by Gasteiger charge is 2.23. The Balaban J connectivity index is 1.84. The van der Waals surface area contributed by atoms with Gasteiger partial charge in [0.05, 0.1) is 12.3 Å². The maximum Gasteiger partial charge on any atom is 0.120 e. The minimum atomic E-state index is 0.334. The van der Waals surface area contributed by atoms with Gasteiger partial charge in [0, 0.05) is 11.3 Å². The molecule has 0 saturated heterocycles. The van der Waals surface area contributed by atoms with Crippen molar-refractivity contribution in [2.24, 2.45) is 0 Å². The van der Waals surface area contributed by atoms with Gasteiger partial charge in [-0.25, -0.2) is 0 Å². The molecular formula is C13H21NOS. The molecule has 1 aliphatic carbocycles. The van der Waals surface area contributed by atoms with Gasteiger partial charge in [-0.2, -0.15) is 11.8 Å². The molecule has 3 atom stereocenters. The Labute approximate surface area is 102 Å². The Kier molecular flexibility index (Phi) is 4.36. The first-order valence-electron chi connectivity index (χ1n) is 6.12. The first kappa shape index (κ1) is 12.1. The minimum Gasteiger partial charge on any atom is -0.468 e. The summed E-state index contributed by atoms with van der Waals surface area (Å²) in [5, 5.41) is 4.52. The van der Waals surface area contributed by atoms with E-state index in [2.05, 4.69) is 18.5 Å². The quantitative estimate of drug-likeness (QED) is 0.869. The number of thioether (sulfide) groups is 1. The Morgan fingerprint density at radius 1 is 1.50 bits per heavy atom. The van der Waals surface area contributed by atoms with Crippen LogP contribution in [0.15, 0.2) is 22.8 Å². The summed E-state index contributed by atoms with van der Waals surface area (Å²) in [6.45, 7) is 2.18. The highest BCUT2D eigenvalue weighted by atomic mass is 32.2. The molecule has 3 heteroatoms. The van der Waals surface area contributed by atoms with Gasteiger partial charge in [0.2, 0.25) is 0 Å². The fraction of sp³-hybridized carbons (Fsp3) is 0.692. The van der Waals surface area contributed by atoms with Gasteiger partial charge in [-0.15, -0.1) is 0 Å². The zero-order valence-corrected chi connectivity index (χ0v) is 10.9. The number of furan rings is 1. The molecule has 0 bridgehead atoms. The smallest absolute Gasteiger partial charge is 0.120 e. The van der Waals surface area contributed by atoms with E-state index in [1.165, 1.54) is 25.7 Å². The number of hydrogen-bond acceptors (Lipinski definition) is 3. The molecule has 0 aromatic carbocycles. The van der Waals surface area contributed by atoms with Crippen molar-refractivity contribution in [3.05, 3.63) is 24.2 Å². The van der Waals surface area contributed by atoms with Gasteiger partial charge < -0.3 is 9.73 Å². The summed E-state index contributed by atoms with van der Waals surface area (Å²) >= 11 is 2.01. The predicted molar refractivity (Wildman–Crippen MR) is 69.8 cm³/mol. The van der Waals surface area contributed by atoms with Crippen molar-refractivity contribution in [2.45, 2.75) is 49.9 Å². The average molecular weight is 239 g/mol. The molecule has 1 saturated carbocycles. The van der Waals surface area contributed by atoms with Crippen LogP contribution in [0.25, 0.3) is 0 Å². The van der Waals surface area contributed by atoms with Crippen LogP contribution in [0.4, 0.5) is 0 Å². The molecule has 1 N–H and O–H groups in total. The van der Waals surface area contributed by atoms with Gasteiger partial charge in [0.25, 0.3) is 0 Å². The zero-order valence-electron chi connectivity index (χ0n) is 10.1. The molecule has 2 nitrogen and oxygen atoms in total. The summed E-state index contributed by atoms with van der Waals surface area (Å²) in [4.78, 5) is 0. The third kappa shape index (κ3) is 3.05. The summed E-state index contributed by atoms with van der Waals surface area (Å²) in [5.74, 6) is 1.05. The first-order valence-corrected chi connectivity index (χ1v) is 7.40. The molecule has 3 unspecified atom stereocenters. The molecule has 1 aromatic rings. The van der Waals surface area contributed by atoms with Crippen LogP contribution in [0.5, 0.6) is 0 Å². The van der Waals surface area contributed by atoms with Crippen LogP contribution in [-0.4, -0.2) is 17.5 Å². The predicted octanol–water partition coefficient (Wildman–Crippen LogP) is 3.60. The van der Waals surface area contributed by atoms with Crippen LogP contribution in [0.1, 0.15) is 44.4 Å². The molecular weight excluding hydrogens is 218 g/mol. The molecule has 0 aliphatic heterocycles.